The highest BCUT2D eigenvalue weighted by molar-refractivity contribution is 6.35. The number of halogens is 1. The Bertz CT molecular complexity index is 1360. The summed E-state index contributed by atoms with van der Waals surface area (Å²) in [4.78, 5) is 27.9. The molecule has 1 aliphatic rings. The molecule has 4 rings (SSSR count). The molecule has 3 aromatic rings. The number of carbonyl (C=O) groups excluding carboxylic acids is 2. The lowest BCUT2D eigenvalue weighted by atomic mass is 9.95. The first-order valence-corrected chi connectivity index (χ1v) is 11.7. The minimum atomic E-state index is -0.340. The minimum absolute atomic E-state index is 0.110. The summed E-state index contributed by atoms with van der Waals surface area (Å²) in [6.45, 7) is 0.302. The van der Waals surface area contributed by atoms with Crippen molar-refractivity contribution in [2.24, 2.45) is 0 Å². The third kappa shape index (κ3) is 6.53. The normalized spacial score (nSPS) is 13.4. The van der Waals surface area contributed by atoms with Gasteiger partial charge >= 0.3 is 6.03 Å². The van der Waals surface area contributed by atoms with Crippen molar-refractivity contribution < 1.29 is 19.1 Å². The van der Waals surface area contributed by atoms with E-state index in [1.807, 2.05) is 30.4 Å². The Morgan fingerprint density at radius 1 is 1.17 bits per heavy atom. The number of allylic oxidation sites excluding steroid dienone is 4. The van der Waals surface area contributed by atoms with Gasteiger partial charge in [-0.1, -0.05) is 17.7 Å². The molecule has 0 radical (unpaired) electrons. The van der Waals surface area contributed by atoms with E-state index in [1.54, 1.807) is 24.4 Å². The largest absolute Gasteiger partial charge is 0.458 e. The van der Waals surface area contributed by atoms with Gasteiger partial charge in [-0.3, -0.25) is 4.79 Å². The van der Waals surface area contributed by atoms with E-state index in [9.17, 15) is 9.59 Å². The number of aromatic nitrogens is 1. The average molecular weight is 508 g/mol. The van der Waals surface area contributed by atoms with E-state index in [0.717, 1.165) is 34.2 Å². The minimum Gasteiger partial charge on any atom is -0.458 e. The topological polar surface area (TPSA) is 143 Å². The lowest BCUT2D eigenvalue weighted by Gasteiger charge is -2.16. The number of aliphatic hydroxyl groups excluding tert-OH is 1. The molecule has 2 heterocycles. The molecular weight excluding hydrogens is 482 g/mol. The number of anilines is 1. The summed E-state index contributed by atoms with van der Waals surface area (Å²) in [5, 5.41) is 18.2. The zero-order valence-electron chi connectivity index (χ0n) is 19.4. The van der Waals surface area contributed by atoms with Gasteiger partial charge in [-0.05, 0) is 72.0 Å². The fourth-order valence-corrected chi connectivity index (χ4v) is 3.96. The monoisotopic (exact) mass is 507 g/mol. The van der Waals surface area contributed by atoms with E-state index in [1.165, 1.54) is 6.08 Å². The molecule has 10 heteroatoms. The molecule has 0 unspecified atom stereocenters. The predicted octanol–water partition coefficient (Wildman–Crippen LogP) is 3.75. The van der Waals surface area contributed by atoms with Crippen LogP contribution in [0.15, 0.2) is 64.9 Å². The summed E-state index contributed by atoms with van der Waals surface area (Å²) in [6, 6.07) is 8.80. The first-order valence-electron chi connectivity index (χ1n) is 11.4. The molecule has 0 saturated heterocycles. The van der Waals surface area contributed by atoms with E-state index < -0.39 is 0 Å². The number of aliphatic hydroxyl groups is 1. The molecule has 1 aromatic carbocycles. The summed E-state index contributed by atoms with van der Waals surface area (Å²) < 4.78 is 5.86. The molecule has 0 atom stereocenters. The van der Waals surface area contributed by atoms with Gasteiger partial charge in [-0.15, -0.1) is 0 Å². The standard InChI is InChI=1S/C26H26ClN5O4/c27-22-13-18(17-3-5-20(6-4-17)32-26(35)29-9-10-33)11-19-12-21(36-25(19)22)15-31-24(34)8-2-16-1-7-23(28)30-14-16/h1-3,5,7-8,11-14,33H,4,6,9-10,15H2,(H2,28,30)(H,31,34)(H2,29,32,35). The van der Waals surface area contributed by atoms with E-state index in [-0.39, 0.29) is 31.6 Å². The number of urea groups is 1. The summed E-state index contributed by atoms with van der Waals surface area (Å²) in [5.74, 6) is 0.728. The van der Waals surface area contributed by atoms with Crippen molar-refractivity contribution in [1.29, 1.82) is 0 Å². The Balaban J connectivity index is 1.40. The lowest BCUT2D eigenvalue weighted by Crippen LogP contribution is -2.36. The van der Waals surface area contributed by atoms with Crippen molar-refractivity contribution in [3.63, 3.8) is 0 Å². The number of benzene rings is 1. The van der Waals surface area contributed by atoms with E-state index in [4.69, 9.17) is 26.9 Å². The third-order valence-corrected chi connectivity index (χ3v) is 5.77. The number of hydrogen-bond acceptors (Lipinski definition) is 6. The average Bonchev–Trinajstić information content (AvgIpc) is 3.30. The van der Waals surface area contributed by atoms with Gasteiger partial charge in [0.15, 0.2) is 5.58 Å². The summed E-state index contributed by atoms with van der Waals surface area (Å²) in [5.41, 5.74) is 9.73. The molecule has 6 N–H and O–H groups in total. The summed E-state index contributed by atoms with van der Waals surface area (Å²) >= 11 is 6.50. The van der Waals surface area contributed by atoms with Gasteiger partial charge in [0.25, 0.3) is 0 Å². The molecule has 0 aliphatic heterocycles. The molecule has 3 amide bonds. The van der Waals surface area contributed by atoms with E-state index in [0.29, 0.717) is 28.6 Å². The van der Waals surface area contributed by atoms with Crippen molar-refractivity contribution in [3.8, 4) is 0 Å². The fourth-order valence-electron chi connectivity index (χ4n) is 3.70. The maximum absolute atomic E-state index is 12.2. The van der Waals surface area contributed by atoms with Crippen LogP contribution in [0.25, 0.3) is 22.6 Å². The van der Waals surface area contributed by atoms with Crippen LogP contribution in [0.2, 0.25) is 5.02 Å². The van der Waals surface area contributed by atoms with Gasteiger partial charge in [-0.2, -0.15) is 0 Å². The van der Waals surface area contributed by atoms with E-state index in [2.05, 4.69) is 20.9 Å². The number of fused-ring (bicyclic) bond motifs is 1. The SMILES string of the molecule is Nc1ccc(C=CC(=O)NCc2cc3cc(C4=CC=C(NC(=O)NCCO)CC4)cc(Cl)c3o2)cn1. The number of hydrogen-bond donors (Lipinski definition) is 5. The van der Waals surface area contributed by atoms with Gasteiger partial charge in [0, 0.05) is 29.9 Å². The number of amides is 3. The van der Waals surface area contributed by atoms with E-state index >= 15 is 0 Å². The smallest absolute Gasteiger partial charge is 0.319 e. The van der Waals surface area contributed by atoms with Crippen molar-refractivity contribution in [1.82, 2.24) is 20.9 Å². The number of nitrogens with two attached hydrogens (primary N) is 1. The number of pyridine rings is 1. The third-order valence-electron chi connectivity index (χ3n) is 5.49. The molecule has 0 saturated carbocycles. The molecule has 1 aliphatic carbocycles. The van der Waals surface area contributed by atoms with Crippen LogP contribution in [0.3, 0.4) is 0 Å². The summed E-state index contributed by atoms with van der Waals surface area (Å²) in [7, 11) is 0. The lowest BCUT2D eigenvalue weighted by molar-refractivity contribution is -0.116. The second-order valence-electron chi connectivity index (χ2n) is 8.14. The molecule has 36 heavy (non-hydrogen) atoms. The number of rotatable bonds is 8. The molecule has 0 bridgehead atoms. The van der Waals surface area contributed by atoms with Crippen LogP contribution >= 0.6 is 11.6 Å². The highest BCUT2D eigenvalue weighted by Crippen LogP contribution is 2.34. The molecule has 0 spiro atoms. The molecule has 186 valence electrons. The maximum atomic E-state index is 12.2. The second-order valence-corrected chi connectivity index (χ2v) is 8.55. The first-order chi connectivity index (χ1) is 17.4. The van der Waals surface area contributed by atoms with Crippen molar-refractivity contribution in [2.45, 2.75) is 19.4 Å². The Morgan fingerprint density at radius 2 is 2.03 bits per heavy atom. The zero-order chi connectivity index (χ0) is 25.5. The molecule has 0 fully saturated rings. The Morgan fingerprint density at radius 3 is 2.75 bits per heavy atom. The Hall–Kier alpha value is -4.08. The highest BCUT2D eigenvalue weighted by atomic mass is 35.5. The number of nitrogens with zero attached hydrogens (tertiary/aromatic N) is 1. The Labute approximate surface area is 212 Å². The van der Waals surface area contributed by atoms with Gasteiger partial charge in [0.2, 0.25) is 5.91 Å². The number of nitrogen functional groups attached to an aromatic ring is 1. The van der Waals surface area contributed by atoms with Crippen LogP contribution in [-0.2, 0) is 11.3 Å². The molecule has 2 aromatic heterocycles. The maximum Gasteiger partial charge on any atom is 0.319 e. The van der Waals surface area contributed by atoms with Crippen molar-refractivity contribution in [3.05, 3.63) is 82.4 Å². The van der Waals surface area contributed by atoms with Crippen LogP contribution in [-0.4, -0.2) is 35.2 Å². The Kier molecular flexibility index (Phi) is 8.04. The van der Waals surface area contributed by atoms with Gasteiger partial charge in [0.1, 0.15) is 11.6 Å². The number of nitrogens with one attached hydrogen (secondary N) is 3. The second kappa shape index (κ2) is 11.6. The number of carbonyl (C=O) groups is 2. The van der Waals surface area contributed by atoms with Crippen LogP contribution in [0.1, 0.15) is 29.7 Å². The highest BCUT2D eigenvalue weighted by Gasteiger charge is 2.15. The quantitative estimate of drug-likeness (QED) is 0.294. The van der Waals surface area contributed by atoms with Gasteiger partial charge < -0.3 is 31.2 Å². The fraction of sp³-hybridized carbons (Fsp3) is 0.192. The van der Waals surface area contributed by atoms with Crippen molar-refractivity contribution in [2.75, 3.05) is 18.9 Å². The van der Waals surface area contributed by atoms with Crippen LogP contribution in [0, 0.1) is 0 Å². The molecule has 9 nitrogen and oxygen atoms in total. The van der Waals surface area contributed by atoms with Gasteiger partial charge in [-0.25, -0.2) is 9.78 Å². The van der Waals surface area contributed by atoms with Crippen LogP contribution < -0.4 is 21.7 Å². The molecular formula is C26H26ClN5O4. The van der Waals surface area contributed by atoms with Gasteiger partial charge in [0.05, 0.1) is 18.2 Å². The predicted molar refractivity (Wildman–Crippen MR) is 140 cm³/mol. The first kappa shape index (κ1) is 25.0. The van der Waals surface area contributed by atoms with Crippen LogP contribution in [0.5, 0.6) is 0 Å². The zero-order valence-corrected chi connectivity index (χ0v) is 20.1. The van der Waals surface area contributed by atoms with Crippen LogP contribution in [0.4, 0.5) is 10.6 Å². The van der Waals surface area contributed by atoms with Crippen molar-refractivity contribution >= 4 is 52.0 Å². The summed E-state index contributed by atoms with van der Waals surface area (Å²) in [6.07, 6.45) is 9.86. The number of furan rings is 1.